The Kier molecular flexibility index (Phi) is 7.22. The summed E-state index contributed by atoms with van der Waals surface area (Å²) < 4.78 is 55.2. The first-order valence-electron chi connectivity index (χ1n) is 8.70. The van der Waals surface area contributed by atoms with Gasteiger partial charge in [0.2, 0.25) is 5.60 Å². The molecule has 0 radical (unpaired) electrons. The lowest BCUT2D eigenvalue weighted by Crippen LogP contribution is -2.41. The normalized spacial score (nSPS) is 14.4. The molecule has 0 amide bonds. The Labute approximate surface area is 169 Å². The summed E-state index contributed by atoms with van der Waals surface area (Å²) >= 11 is 0. The first kappa shape index (κ1) is 22.7. The van der Waals surface area contributed by atoms with E-state index in [1.807, 2.05) is 13.8 Å². The summed E-state index contributed by atoms with van der Waals surface area (Å²) in [6, 6.07) is 13.5. The van der Waals surface area contributed by atoms with Gasteiger partial charge < -0.3 is 5.11 Å². The lowest BCUT2D eigenvalue weighted by molar-refractivity contribution is -0.240. The van der Waals surface area contributed by atoms with Gasteiger partial charge >= 0.3 is 6.18 Å². The number of alkyl halides is 3. The molecule has 2 rings (SSSR count). The molecule has 0 saturated carbocycles. The Morgan fingerprint density at radius 2 is 1.79 bits per heavy atom. The van der Waals surface area contributed by atoms with Crippen molar-refractivity contribution < 1.29 is 27.3 Å². The van der Waals surface area contributed by atoms with Crippen LogP contribution in [0.5, 0.6) is 0 Å². The van der Waals surface area contributed by atoms with E-state index in [2.05, 4.69) is 0 Å². The summed E-state index contributed by atoms with van der Waals surface area (Å²) in [6.45, 7) is 4.08. The molecule has 2 aromatic carbocycles. The van der Waals surface area contributed by atoms with Crippen molar-refractivity contribution in [3.8, 4) is 11.8 Å². The molecule has 8 heteroatoms. The van der Waals surface area contributed by atoms with E-state index in [0.717, 1.165) is 12.1 Å². The van der Waals surface area contributed by atoms with Gasteiger partial charge in [-0.3, -0.25) is 9.10 Å². The fraction of sp³-hybridized carbons (Fsp3) is 0.286. The van der Waals surface area contributed by atoms with Crippen molar-refractivity contribution >= 4 is 23.0 Å². The Hall–Kier alpha value is -2.63. The molecule has 0 heterocycles. The predicted molar refractivity (Wildman–Crippen MR) is 105 cm³/mol. The second-order valence-corrected chi connectivity index (χ2v) is 8.07. The zero-order chi connectivity index (χ0) is 21.7. The number of hydrogen-bond acceptors (Lipinski definition) is 3. The van der Waals surface area contributed by atoms with E-state index in [-0.39, 0.29) is 17.9 Å². The van der Waals surface area contributed by atoms with Gasteiger partial charge in [0.05, 0.1) is 10.6 Å². The van der Waals surface area contributed by atoms with E-state index in [4.69, 9.17) is 0 Å². The van der Waals surface area contributed by atoms with Crippen molar-refractivity contribution in [1.29, 1.82) is 0 Å². The van der Waals surface area contributed by atoms with Crippen molar-refractivity contribution in [2.24, 2.45) is 5.92 Å². The zero-order valence-electron chi connectivity index (χ0n) is 15.8. The van der Waals surface area contributed by atoms with Crippen LogP contribution in [0.1, 0.15) is 19.4 Å². The number of benzene rings is 2. The van der Waals surface area contributed by atoms with Gasteiger partial charge in [-0.1, -0.05) is 44.2 Å². The number of rotatable bonds is 6. The minimum atomic E-state index is -5.14. The Morgan fingerprint density at radius 1 is 1.14 bits per heavy atom. The highest BCUT2D eigenvalue weighted by Crippen LogP contribution is 2.40. The third-order valence-electron chi connectivity index (χ3n) is 3.95. The van der Waals surface area contributed by atoms with Gasteiger partial charge in [0.1, 0.15) is 0 Å². The van der Waals surface area contributed by atoms with Crippen molar-refractivity contribution in [2.75, 3.05) is 10.8 Å². The van der Waals surface area contributed by atoms with Crippen LogP contribution in [0.2, 0.25) is 0 Å². The quantitative estimate of drug-likeness (QED) is 0.568. The second kappa shape index (κ2) is 9.25. The van der Waals surface area contributed by atoms with Crippen LogP contribution in [0.15, 0.2) is 59.5 Å². The minimum Gasteiger partial charge on any atom is -0.366 e. The summed E-state index contributed by atoms with van der Waals surface area (Å²) in [5.74, 6) is 3.30. The van der Waals surface area contributed by atoms with Crippen molar-refractivity contribution in [2.45, 2.75) is 30.5 Å². The minimum absolute atomic E-state index is 0.0178. The number of aliphatic hydroxyl groups is 1. The first-order chi connectivity index (χ1) is 13.6. The van der Waals surface area contributed by atoms with Gasteiger partial charge in [-0.05, 0) is 42.0 Å². The third kappa shape index (κ3) is 5.25. The van der Waals surface area contributed by atoms with Crippen LogP contribution in [-0.2, 0) is 21.4 Å². The van der Waals surface area contributed by atoms with Crippen molar-refractivity contribution in [3.05, 3.63) is 60.2 Å². The molecule has 0 bridgehead atoms. The molecular weight excluding hydrogens is 403 g/mol. The van der Waals surface area contributed by atoms with Crippen LogP contribution in [0.4, 0.5) is 18.9 Å². The van der Waals surface area contributed by atoms with Crippen LogP contribution in [0, 0.1) is 17.8 Å². The van der Waals surface area contributed by atoms with Gasteiger partial charge in [0.15, 0.2) is 17.3 Å². The molecule has 0 fully saturated rings. The smallest absolute Gasteiger partial charge is 0.366 e. The van der Waals surface area contributed by atoms with E-state index in [1.165, 1.54) is 16.4 Å². The monoisotopic (exact) mass is 423 g/mol. The lowest BCUT2D eigenvalue weighted by Gasteiger charge is -2.29. The Bertz CT molecular complexity index is 935. The number of halogens is 3. The number of anilines is 1. The van der Waals surface area contributed by atoms with Gasteiger partial charge in [0, 0.05) is 12.1 Å². The molecule has 2 unspecified atom stereocenters. The van der Waals surface area contributed by atoms with Gasteiger partial charge in [-0.25, -0.2) is 4.21 Å². The standard InChI is InChI=1S/C21H20F3NO3S/c1-16(2)15-25(29(28)19-10-4-3-5-11-19)18-9-6-8-17(14-18)20(27,12-7-13-26)21(22,23)24/h3-6,8-11,13-14,16,27H,15H2,1-2H3. The van der Waals surface area contributed by atoms with E-state index in [1.54, 1.807) is 42.2 Å². The highest BCUT2D eigenvalue weighted by atomic mass is 32.2. The maximum absolute atomic E-state index is 13.5. The van der Waals surface area contributed by atoms with Crippen LogP contribution < -0.4 is 4.31 Å². The molecule has 0 spiro atoms. The molecule has 0 aliphatic heterocycles. The van der Waals surface area contributed by atoms with Gasteiger partial charge in [0.25, 0.3) is 0 Å². The molecule has 0 aromatic heterocycles. The fourth-order valence-electron chi connectivity index (χ4n) is 2.59. The number of carbonyl (C=O) groups excluding carboxylic acids is 1. The van der Waals surface area contributed by atoms with Crippen molar-refractivity contribution in [1.82, 2.24) is 0 Å². The molecule has 0 saturated heterocycles. The molecule has 0 aliphatic carbocycles. The number of nitrogens with zero attached hydrogens (tertiary/aromatic N) is 1. The first-order valence-corrected chi connectivity index (χ1v) is 9.81. The van der Waals surface area contributed by atoms with Gasteiger partial charge in [-0.2, -0.15) is 13.2 Å². The highest BCUT2D eigenvalue weighted by Gasteiger charge is 2.54. The molecule has 1 N–H and O–H groups in total. The predicted octanol–water partition coefficient (Wildman–Crippen LogP) is 3.82. The van der Waals surface area contributed by atoms with E-state index in [0.29, 0.717) is 11.4 Å². The number of carbonyl (C=O) groups is 1. The number of aldehydes is 1. The van der Waals surface area contributed by atoms with E-state index >= 15 is 0 Å². The zero-order valence-corrected chi connectivity index (χ0v) is 16.6. The molecular formula is C21H20F3NO3S. The fourth-order valence-corrected chi connectivity index (χ4v) is 3.97. The van der Waals surface area contributed by atoms with E-state index < -0.39 is 28.3 Å². The number of hydrogen-bond donors (Lipinski definition) is 1. The summed E-state index contributed by atoms with van der Waals surface area (Å²) in [5.41, 5.74) is -3.86. The second-order valence-electron chi connectivity index (χ2n) is 6.66. The van der Waals surface area contributed by atoms with Crippen LogP contribution in [0.25, 0.3) is 0 Å². The summed E-state index contributed by atoms with van der Waals surface area (Å²) in [7, 11) is -1.68. The van der Waals surface area contributed by atoms with E-state index in [9.17, 15) is 27.3 Å². The molecule has 4 nitrogen and oxygen atoms in total. The highest BCUT2D eigenvalue weighted by molar-refractivity contribution is 7.86. The Morgan fingerprint density at radius 3 is 2.34 bits per heavy atom. The third-order valence-corrected chi connectivity index (χ3v) is 5.39. The van der Waals surface area contributed by atoms with Gasteiger partial charge in [-0.15, -0.1) is 0 Å². The molecule has 2 aromatic rings. The van der Waals surface area contributed by atoms with Crippen LogP contribution >= 0.6 is 0 Å². The largest absolute Gasteiger partial charge is 0.433 e. The Balaban J connectivity index is 2.57. The summed E-state index contributed by atoms with van der Waals surface area (Å²) in [5, 5.41) is 10.2. The summed E-state index contributed by atoms with van der Waals surface area (Å²) in [6.07, 6.45) is -5.15. The summed E-state index contributed by atoms with van der Waals surface area (Å²) in [4.78, 5) is 10.9. The molecule has 2 atom stereocenters. The lowest BCUT2D eigenvalue weighted by atomic mass is 9.93. The maximum Gasteiger partial charge on any atom is 0.433 e. The maximum atomic E-state index is 13.5. The van der Waals surface area contributed by atoms with Crippen LogP contribution in [-0.4, -0.2) is 28.3 Å². The average Bonchev–Trinajstić information content (AvgIpc) is 2.69. The SMILES string of the molecule is CC(C)CN(c1cccc(C(O)(C#CC=O)C(F)(F)F)c1)S(=O)c1ccccc1. The van der Waals surface area contributed by atoms with Crippen LogP contribution in [0.3, 0.4) is 0 Å². The molecule has 29 heavy (non-hydrogen) atoms. The molecule has 154 valence electrons. The molecule has 0 aliphatic rings. The topological polar surface area (TPSA) is 57.6 Å². The average molecular weight is 423 g/mol. The van der Waals surface area contributed by atoms with Crippen molar-refractivity contribution in [3.63, 3.8) is 0 Å².